The van der Waals surface area contributed by atoms with E-state index >= 15 is 0 Å². The number of fused-ring (bicyclic) bond motifs is 4. The van der Waals surface area contributed by atoms with Crippen LogP contribution in [0.2, 0.25) is 0 Å². The molecule has 8 aromatic carbocycles. The maximum Gasteiger partial charge on any atom is 0.785 e. The molecule has 0 atom stereocenters. The zero-order chi connectivity index (χ0) is 36.4. The average Bonchev–Trinajstić information content (AvgIpc) is 3.19. The molecule has 0 aromatic heterocycles. The van der Waals surface area contributed by atoms with Gasteiger partial charge in [0.15, 0.2) is 0 Å². The van der Waals surface area contributed by atoms with Crippen molar-refractivity contribution in [1.29, 1.82) is 0 Å². The first kappa shape index (κ1) is 32.9. The van der Waals surface area contributed by atoms with Crippen LogP contribution in [0, 0.1) is 0 Å². The first-order chi connectivity index (χ1) is 25.9. The summed E-state index contributed by atoms with van der Waals surface area (Å²) in [6.07, 6.45) is 0. The lowest BCUT2D eigenvalue weighted by Gasteiger charge is -2.38. The van der Waals surface area contributed by atoms with Crippen LogP contribution in [0.4, 0.5) is 0 Å². The van der Waals surface area contributed by atoms with E-state index in [2.05, 4.69) is 0 Å². The van der Waals surface area contributed by atoms with Gasteiger partial charge in [-0.25, -0.2) is 0 Å². The number of hydrogen-bond donors (Lipinski definition) is 0. The minimum atomic E-state index is -4.33. The van der Waals surface area contributed by atoms with E-state index in [0.29, 0.717) is 43.1 Å². The quantitative estimate of drug-likeness (QED) is 0.145. The zero-order valence-corrected chi connectivity index (χ0v) is 28.0. The highest BCUT2D eigenvalue weighted by atomic mass is 16.9. The zero-order valence-electron chi connectivity index (χ0n) is 28.0. The molecule has 0 N–H and O–H groups in total. The molecule has 0 aliphatic heterocycles. The number of carbonyl (C=O) groups is 4. The van der Waals surface area contributed by atoms with Gasteiger partial charge in [-0.3, -0.25) is 19.2 Å². The third-order valence-corrected chi connectivity index (χ3v) is 9.04. The van der Waals surface area contributed by atoms with Gasteiger partial charge < -0.3 is 18.6 Å². The number of carbonyl (C=O) groups excluding carboxylic acids is 4. The maximum absolute atomic E-state index is 14.3. The van der Waals surface area contributed by atoms with E-state index in [1.165, 1.54) is 24.3 Å². The lowest BCUT2D eigenvalue weighted by Crippen LogP contribution is -2.54. The SMILES string of the molecule is O=C(O[B-](OC(=O)c1cccc2ccccc12)(OC(=O)c1cccc2ccccc12)OC(=O)c1cccc2ccccc12)c1cccc2ccccc12. The summed E-state index contributed by atoms with van der Waals surface area (Å²) in [5.74, 6) is -4.26. The molecule has 0 aliphatic carbocycles. The summed E-state index contributed by atoms with van der Waals surface area (Å²) in [4.78, 5) is 57.1. The Bertz CT molecular complexity index is 2340. The van der Waals surface area contributed by atoms with Crippen LogP contribution in [0.1, 0.15) is 41.4 Å². The highest BCUT2D eigenvalue weighted by Gasteiger charge is 2.49. The van der Waals surface area contributed by atoms with Gasteiger partial charge in [0.05, 0.1) is 22.3 Å². The van der Waals surface area contributed by atoms with Gasteiger partial charge in [-0.05, 0) is 67.4 Å². The smallest absolute Gasteiger partial charge is 0.581 e. The first-order valence-corrected chi connectivity index (χ1v) is 16.9. The van der Waals surface area contributed by atoms with Gasteiger partial charge >= 0.3 is 6.96 Å². The molecule has 0 saturated heterocycles. The van der Waals surface area contributed by atoms with Crippen molar-refractivity contribution in [2.24, 2.45) is 0 Å². The highest BCUT2D eigenvalue weighted by molar-refractivity contribution is 6.62. The third kappa shape index (κ3) is 6.43. The molecular formula is C44H28BO8-. The van der Waals surface area contributed by atoms with Crippen LogP contribution in [0.3, 0.4) is 0 Å². The summed E-state index contributed by atoms with van der Waals surface area (Å²) in [5, 5.41) is 4.89. The topological polar surface area (TPSA) is 105 Å². The lowest BCUT2D eigenvalue weighted by atomic mass is 9.98. The van der Waals surface area contributed by atoms with Gasteiger partial charge in [0.1, 0.15) is 0 Å². The van der Waals surface area contributed by atoms with Crippen LogP contribution in [-0.4, -0.2) is 30.8 Å². The van der Waals surface area contributed by atoms with E-state index in [1.807, 2.05) is 72.8 Å². The Kier molecular flexibility index (Phi) is 8.58. The largest absolute Gasteiger partial charge is 0.785 e. The molecule has 0 radical (unpaired) electrons. The molecule has 0 amide bonds. The highest BCUT2D eigenvalue weighted by Crippen LogP contribution is 2.29. The van der Waals surface area contributed by atoms with Crippen molar-refractivity contribution in [3.05, 3.63) is 192 Å². The Morgan fingerprint density at radius 3 is 0.736 bits per heavy atom. The fourth-order valence-electron chi connectivity index (χ4n) is 6.54. The van der Waals surface area contributed by atoms with Crippen LogP contribution < -0.4 is 0 Å². The fraction of sp³-hybridized carbons (Fsp3) is 0. The fourth-order valence-corrected chi connectivity index (χ4v) is 6.54. The van der Waals surface area contributed by atoms with Gasteiger partial charge in [0.25, 0.3) is 23.9 Å². The summed E-state index contributed by atoms with van der Waals surface area (Å²) in [5.41, 5.74) is 0.215. The molecule has 8 nitrogen and oxygen atoms in total. The molecule has 0 heterocycles. The average molecular weight is 696 g/mol. The lowest BCUT2D eigenvalue weighted by molar-refractivity contribution is -0.00299. The van der Waals surface area contributed by atoms with Crippen molar-refractivity contribution in [2.75, 3.05) is 0 Å². The normalized spacial score (nSPS) is 11.3. The number of rotatable bonds is 8. The molecule has 8 aromatic rings. The van der Waals surface area contributed by atoms with E-state index in [-0.39, 0.29) is 22.3 Å². The van der Waals surface area contributed by atoms with Crippen LogP contribution in [0.15, 0.2) is 170 Å². The van der Waals surface area contributed by atoms with Crippen molar-refractivity contribution >= 4 is 73.9 Å². The van der Waals surface area contributed by atoms with Gasteiger partial charge in [-0.15, -0.1) is 0 Å². The van der Waals surface area contributed by atoms with Crippen LogP contribution in [0.25, 0.3) is 43.1 Å². The Morgan fingerprint density at radius 2 is 0.491 bits per heavy atom. The summed E-state index contributed by atoms with van der Waals surface area (Å²) >= 11 is 0. The molecule has 256 valence electrons. The van der Waals surface area contributed by atoms with Crippen LogP contribution in [0.5, 0.6) is 0 Å². The molecular weight excluding hydrogens is 667 g/mol. The van der Waals surface area contributed by atoms with Crippen molar-refractivity contribution < 1.29 is 37.8 Å². The maximum atomic E-state index is 14.3. The molecule has 0 fully saturated rings. The molecule has 9 heteroatoms. The van der Waals surface area contributed by atoms with E-state index in [9.17, 15) is 19.2 Å². The van der Waals surface area contributed by atoms with Crippen LogP contribution >= 0.6 is 0 Å². The van der Waals surface area contributed by atoms with Gasteiger partial charge in [0, 0.05) is 0 Å². The summed E-state index contributed by atoms with van der Waals surface area (Å²) < 4.78 is 23.8. The van der Waals surface area contributed by atoms with E-state index in [4.69, 9.17) is 18.6 Å². The Balaban J connectivity index is 1.29. The predicted octanol–water partition coefficient (Wildman–Crippen LogP) is 9.46. The summed E-state index contributed by atoms with van der Waals surface area (Å²) in [6, 6.07) is 48.3. The van der Waals surface area contributed by atoms with Crippen molar-refractivity contribution in [1.82, 2.24) is 0 Å². The standard InChI is InChI=1S/C44H28BO8/c46-41(37-25-9-17-29-13-1-5-21-33(29)37)50-45(51-42(47)38-26-10-18-30-14-2-6-22-34(30)38,52-43(48)39-27-11-19-31-15-3-7-23-35(31)39)53-44(49)40-28-12-20-32-16-4-8-24-36(32)40/h1-28H/q-1. The van der Waals surface area contributed by atoms with E-state index < -0.39 is 30.8 Å². The number of benzene rings is 8. The van der Waals surface area contributed by atoms with Gasteiger partial charge in [-0.1, -0.05) is 146 Å². The van der Waals surface area contributed by atoms with Gasteiger partial charge in [0.2, 0.25) is 0 Å². The second-order valence-electron chi connectivity index (χ2n) is 12.3. The van der Waals surface area contributed by atoms with Crippen molar-refractivity contribution in [3.8, 4) is 0 Å². The summed E-state index contributed by atoms with van der Waals surface area (Å²) in [7, 11) is 0. The third-order valence-electron chi connectivity index (χ3n) is 9.04. The van der Waals surface area contributed by atoms with Crippen molar-refractivity contribution in [3.63, 3.8) is 0 Å². The Hall–Kier alpha value is -7.26. The molecule has 0 spiro atoms. The minimum Gasteiger partial charge on any atom is -0.581 e. The van der Waals surface area contributed by atoms with Crippen LogP contribution in [-0.2, 0) is 18.6 Å². The van der Waals surface area contributed by atoms with Gasteiger partial charge in [-0.2, -0.15) is 0 Å². The minimum absolute atomic E-state index is 0.0537. The second-order valence-corrected chi connectivity index (χ2v) is 12.3. The predicted molar refractivity (Wildman–Crippen MR) is 203 cm³/mol. The molecule has 0 aliphatic rings. The summed E-state index contributed by atoms with van der Waals surface area (Å²) in [6.45, 7) is -4.33. The molecule has 0 saturated carbocycles. The Morgan fingerprint density at radius 1 is 0.283 bits per heavy atom. The molecule has 53 heavy (non-hydrogen) atoms. The first-order valence-electron chi connectivity index (χ1n) is 16.9. The molecule has 8 rings (SSSR count). The van der Waals surface area contributed by atoms with Crippen molar-refractivity contribution in [2.45, 2.75) is 0 Å². The van der Waals surface area contributed by atoms with E-state index in [1.54, 1.807) is 72.8 Å². The Labute approximate surface area is 303 Å². The number of hydrogen-bond acceptors (Lipinski definition) is 8. The molecule has 0 unspecified atom stereocenters. The monoisotopic (exact) mass is 695 g/mol. The van der Waals surface area contributed by atoms with E-state index in [0.717, 1.165) is 0 Å². The second kappa shape index (κ2) is 13.8. The molecule has 0 bridgehead atoms.